The van der Waals surface area contributed by atoms with Crippen LogP contribution in [0.4, 0.5) is 0 Å². The fourth-order valence-corrected chi connectivity index (χ4v) is 1.81. The molecule has 20 heavy (non-hydrogen) atoms. The highest BCUT2D eigenvalue weighted by Gasteiger charge is 2.12. The van der Waals surface area contributed by atoms with Gasteiger partial charge in [0.05, 0.1) is 25.6 Å². The maximum atomic E-state index is 11.5. The van der Waals surface area contributed by atoms with E-state index in [2.05, 4.69) is 6.92 Å². The highest BCUT2D eigenvalue weighted by molar-refractivity contribution is 5.77. The van der Waals surface area contributed by atoms with E-state index in [0.29, 0.717) is 6.61 Å². The van der Waals surface area contributed by atoms with Crippen LogP contribution in [0.15, 0.2) is 0 Å². The molecule has 0 fully saturated rings. The summed E-state index contributed by atoms with van der Waals surface area (Å²) >= 11 is 0. The predicted octanol–water partition coefficient (Wildman–Crippen LogP) is 4.01. The van der Waals surface area contributed by atoms with E-state index in [-0.39, 0.29) is 30.9 Å². The lowest BCUT2D eigenvalue weighted by molar-refractivity contribution is -0.153. The van der Waals surface area contributed by atoms with Crippen LogP contribution in [0.3, 0.4) is 0 Å². The predicted molar refractivity (Wildman–Crippen MR) is 79.4 cm³/mol. The Labute approximate surface area is 123 Å². The molecule has 4 heteroatoms. The Morgan fingerprint density at radius 1 is 0.900 bits per heavy atom. The summed E-state index contributed by atoms with van der Waals surface area (Å²) in [5, 5.41) is 0. The third kappa shape index (κ3) is 12.0. The maximum absolute atomic E-state index is 11.5. The minimum Gasteiger partial charge on any atom is -0.466 e. The van der Waals surface area contributed by atoms with Gasteiger partial charge in [0.2, 0.25) is 0 Å². The molecule has 0 saturated carbocycles. The largest absolute Gasteiger partial charge is 0.466 e. The second-order valence-corrected chi connectivity index (χ2v) is 5.22. The first-order chi connectivity index (χ1) is 9.60. The van der Waals surface area contributed by atoms with Crippen LogP contribution in [0.25, 0.3) is 0 Å². The molecule has 0 heterocycles. The van der Waals surface area contributed by atoms with Crippen molar-refractivity contribution in [1.29, 1.82) is 0 Å². The monoisotopic (exact) mass is 286 g/mol. The summed E-state index contributed by atoms with van der Waals surface area (Å²) < 4.78 is 10.2. The number of carbonyl (C=O) groups is 2. The topological polar surface area (TPSA) is 52.6 Å². The van der Waals surface area contributed by atoms with Gasteiger partial charge >= 0.3 is 11.9 Å². The van der Waals surface area contributed by atoms with Gasteiger partial charge in [0.25, 0.3) is 0 Å². The Morgan fingerprint density at radius 2 is 1.55 bits per heavy atom. The fourth-order valence-electron chi connectivity index (χ4n) is 1.81. The van der Waals surface area contributed by atoms with Crippen molar-refractivity contribution in [3.63, 3.8) is 0 Å². The molecule has 0 aliphatic rings. The van der Waals surface area contributed by atoms with Gasteiger partial charge in [-0.3, -0.25) is 9.59 Å². The van der Waals surface area contributed by atoms with E-state index in [1.807, 2.05) is 13.8 Å². The van der Waals surface area contributed by atoms with Gasteiger partial charge in [0.15, 0.2) is 0 Å². The molecule has 0 rings (SSSR count). The number of carbonyl (C=O) groups excluding carboxylic acids is 2. The first-order valence-corrected chi connectivity index (χ1v) is 7.95. The number of hydrogen-bond donors (Lipinski definition) is 0. The van der Waals surface area contributed by atoms with Crippen molar-refractivity contribution < 1.29 is 19.1 Å². The summed E-state index contributed by atoms with van der Waals surface area (Å²) in [6, 6.07) is 0. The van der Waals surface area contributed by atoms with E-state index in [0.717, 1.165) is 25.7 Å². The van der Waals surface area contributed by atoms with Gasteiger partial charge < -0.3 is 9.47 Å². The van der Waals surface area contributed by atoms with Gasteiger partial charge in [0, 0.05) is 0 Å². The Hall–Kier alpha value is -1.06. The smallest absolute Gasteiger partial charge is 0.306 e. The first kappa shape index (κ1) is 18.9. The van der Waals surface area contributed by atoms with E-state index < -0.39 is 0 Å². The van der Waals surface area contributed by atoms with Crippen LogP contribution >= 0.6 is 0 Å². The van der Waals surface area contributed by atoms with Crippen molar-refractivity contribution in [3.8, 4) is 0 Å². The zero-order chi connectivity index (χ0) is 15.2. The molecule has 0 bridgehead atoms. The number of rotatable bonds is 12. The van der Waals surface area contributed by atoms with Crippen LogP contribution < -0.4 is 0 Å². The molecule has 0 amide bonds. The molecule has 0 aromatic carbocycles. The Morgan fingerprint density at radius 3 is 2.20 bits per heavy atom. The van der Waals surface area contributed by atoms with Gasteiger partial charge in [-0.1, -0.05) is 39.5 Å². The summed E-state index contributed by atoms with van der Waals surface area (Å²) in [4.78, 5) is 22.9. The number of esters is 2. The Kier molecular flexibility index (Phi) is 12.3. The van der Waals surface area contributed by atoms with E-state index in [4.69, 9.17) is 9.47 Å². The zero-order valence-corrected chi connectivity index (χ0v) is 13.3. The lowest BCUT2D eigenvalue weighted by atomic mass is 10.1. The fraction of sp³-hybridized carbons (Fsp3) is 0.875. The molecule has 0 aliphatic heterocycles. The quantitative estimate of drug-likeness (QED) is 0.402. The van der Waals surface area contributed by atoms with Gasteiger partial charge in [-0.05, 0) is 26.2 Å². The molecule has 0 spiro atoms. The highest BCUT2D eigenvalue weighted by Crippen LogP contribution is 2.09. The van der Waals surface area contributed by atoms with Crippen LogP contribution in [0, 0.1) is 0 Å². The molecule has 1 atom stereocenters. The third-order valence-electron chi connectivity index (χ3n) is 3.09. The van der Waals surface area contributed by atoms with E-state index >= 15 is 0 Å². The standard InChI is InChI=1S/C16H30O4/c1-4-6-8-9-10-14(3)20-16(18)12-11-15(17)19-13-7-5-2/h14H,4-13H2,1-3H3. The number of ether oxygens (including phenoxy) is 2. The summed E-state index contributed by atoms with van der Waals surface area (Å²) in [5.41, 5.74) is 0. The maximum Gasteiger partial charge on any atom is 0.306 e. The zero-order valence-electron chi connectivity index (χ0n) is 13.3. The molecule has 0 N–H and O–H groups in total. The van der Waals surface area contributed by atoms with Gasteiger partial charge in [0.1, 0.15) is 0 Å². The number of hydrogen-bond acceptors (Lipinski definition) is 4. The second-order valence-electron chi connectivity index (χ2n) is 5.22. The van der Waals surface area contributed by atoms with Gasteiger partial charge in [-0.2, -0.15) is 0 Å². The Bertz CT molecular complexity index is 263. The summed E-state index contributed by atoms with van der Waals surface area (Å²) in [7, 11) is 0. The average Bonchev–Trinajstić information content (AvgIpc) is 2.42. The average molecular weight is 286 g/mol. The van der Waals surface area contributed by atoms with Crippen LogP contribution in [0.5, 0.6) is 0 Å². The van der Waals surface area contributed by atoms with Crippen LogP contribution in [-0.2, 0) is 19.1 Å². The number of unbranched alkanes of at least 4 members (excludes halogenated alkanes) is 4. The molecule has 0 radical (unpaired) electrons. The molecule has 0 aromatic rings. The molecule has 1 unspecified atom stereocenters. The van der Waals surface area contributed by atoms with Crippen molar-refractivity contribution >= 4 is 11.9 Å². The summed E-state index contributed by atoms with van der Waals surface area (Å²) in [5.74, 6) is -0.619. The molecular weight excluding hydrogens is 256 g/mol. The highest BCUT2D eigenvalue weighted by atomic mass is 16.5. The summed E-state index contributed by atoms with van der Waals surface area (Å²) in [6.45, 7) is 6.55. The SMILES string of the molecule is CCCCCCC(C)OC(=O)CCC(=O)OCCCC. The van der Waals surface area contributed by atoms with Crippen molar-refractivity contribution in [2.75, 3.05) is 6.61 Å². The minimum absolute atomic E-state index is 0.0598. The Balaban J connectivity index is 3.58. The molecule has 118 valence electrons. The second kappa shape index (κ2) is 12.9. The van der Waals surface area contributed by atoms with Crippen LogP contribution in [0.1, 0.15) is 78.6 Å². The third-order valence-corrected chi connectivity index (χ3v) is 3.09. The minimum atomic E-state index is -0.314. The van der Waals surface area contributed by atoms with Gasteiger partial charge in [-0.25, -0.2) is 0 Å². The molecule has 0 aliphatic carbocycles. The summed E-state index contributed by atoms with van der Waals surface area (Å²) in [6.07, 6.45) is 7.62. The van der Waals surface area contributed by atoms with Crippen molar-refractivity contribution in [3.05, 3.63) is 0 Å². The van der Waals surface area contributed by atoms with Crippen molar-refractivity contribution in [1.82, 2.24) is 0 Å². The normalized spacial score (nSPS) is 11.9. The van der Waals surface area contributed by atoms with Crippen molar-refractivity contribution in [2.45, 2.75) is 84.7 Å². The van der Waals surface area contributed by atoms with Crippen LogP contribution in [-0.4, -0.2) is 24.6 Å². The first-order valence-electron chi connectivity index (χ1n) is 7.95. The van der Waals surface area contributed by atoms with Crippen LogP contribution in [0.2, 0.25) is 0 Å². The van der Waals surface area contributed by atoms with E-state index in [9.17, 15) is 9.59 Å². The lowest BCUT2D eigenvalue weighted by Crippen LogP contribution is -2.16. The molecule has 4 nitrogen and oxygen atoms in total. The van der Waals surface area contributed by atoms with E-state index in [1.165, 1.54) is 19.3 Å². The van der Waals surface area contributed by atoms with Gasteiger partial charge in [-0.15, -0.1) is 0 Å². The van der Waals surface area contributed by atoms with E-state index in [1.54, 1.807) is 0 Å². The molecule has 0 aromatic heterocycles. The molecular formula is C16H30O4. The molecule has 0 saturated heterocycles. The lowest BCUT2D eigenvalue weighted by Gasteiger charge is -2.12. The van der Waals surface area contributed by atoms with Crippen molar-refractivity contribution in [2.24, 2.45) is 0 Å².